The van der Waals surface area contributed by atoms with E-state index >= 15 is 0 Å². The molecule has 19 heavy (non-hydrogen) atoms. The van der Waals surface area contributed by atoms with Crippen molar-refractivity contribution in [2.45, 2.75) is 12.8 Å². The lowest BCUT2D eigenvalue weighted by atomic mass is 9.89. The number of ketones is 1. The maximum Gasteiger partial charge on any atom is 0.163 e. The number of aryl methyl sites for hydroxylation is 1. The second kappa shape index (κ2) is 3.82. The molecule has 0 saturated heterocycles. The van der Waals surface area contributed by atoms with Crippen molar-refractivity contribution in [1.29, 1.82) is 0 Å². The van der Waals surface area contributed by atoms with Crippen LogP contribution in [0.4, 0.5) is 0 Å². The van der Waals surface area contributed by atoms with Crippen molar-refractivity contribution in [3.05, 3.63) is 59.7 Å². The van der Waals surface area contributed by atoms with E-state index in [1.165, 1.54) is 11.1 Å². The average Bonchev–Trinajstić information content (AvgIpc) is 2.84. The van der Waals surface area contributed by atoms with Gasteiger partial charge in [-0.05, 0) is 23.6 Å². The molecule has 0 radical (unpaired) electrons. The predicted octanol–water partition coefficient (Wildman–Crippen LogP) is 3.96. The van der Waals surface area contributed by atoms with Gasteiger partial charge in [-0.15, -0.1) is 0 Å². The fourth-order valence-electron chi connectivity index (χ4n) is 3.02. The molecule has 1 aliphatic carbocycles. The highest BCUT2D eigenvalue weighted by Gasteiger charge is 2.23. The first-order valence-corrected chi connectivity index (χ1v) is 6.57. The Morgan fingerprint density at radius 3 is 2.58 bits per heavy atom. The minimum Gasteiger partial charge on any atom is -0.354 e. The van der Waals surface area contributed by atoms with Gasteiger partial charge in [-0.1, -0.05) is 42.5 Å². The van der Waals surface area contributed by atoms with Crippen LogP contribution in [0.2, 0.25) is 0 Å². The Balaban J connectivity index is 2.08. The molecule has 1 heterocycles. The van der Waals surface area contributed by atoms with Crippen LogP contribution in [-0.2, 0) is 6.42 Å². The van der Waals surface area contributed by atoms with Crippen LogP contribution in [0, 0.1) is 0 Å². The number of carbonyl (C=O) groups excluding carboxylic acids is 1. The first-order valence-electron chi connectivity index (χ1n) is 6.57. The third-order valence-corrected chi connectivity index (χ3v) is 3.89. The maximum absolute atomic E-state index is 12.0. The number of H-pyrrole nitrogens is 1. The Hall–Kier alpha value is -2.35. The molecule has 0 aliphatic heterocycles. The Labute approximate surface area is 111 Å². The number of Topliss-reactive ketones (excluding diaryl/α,β-unsaturated/α-hetero) is 1. The van der Waals surface area contributed by atoms with Crippen LogP contribution < -0.4 is 0 Å². The largest absolute Gasteiger partial charge is 0.354 e. The summed E-state index contributed by atoms with van der Waals surface area (Å²) >= 11 is 0. The van der Waals surface area contributed by atoms with Crippen LogP contribution in [0.3, 0.4) is 0 Å². The van der Waals surface area contributed by atoms with Crippen molar-refractivity contribution >= 4 is 16.7 Å². The van der Waals surface area contributed by atoms with Gasteiger partial charge in [0.15, 0.2) is 5.78 Å². The zero-order valence-corrected chi connectivity index (χ0v) is 10.4. The molecule has 0 atom stereocenters. The number of benzene rings is 2. The second-order valence-corrected chi connectivity index (χ2v) is 5.00. The van der Waals surface area contributed by atoms with Gasteiger partial charge < -0.3 is 4.98 Å². The molecular weight excluding hydrogens is 234 g/mol. The van der Waals surface area contributed by atoms with Crippen LogP contribution in [0.5, 0.6) is 0 Å². The molecule has 0 unspecified atom stereocenters. The van der Waals surface area contributed by atoms with Gasteiger partial charge in [-0.25, -0.2) is 0 Å². The summed E-state index contributed by atoms with van der Waals surface area (Å²) in [5, 5.41) is 1.12. The monoisotopic (exact) mass is 247 g/mol. The lowest BCUT2D eigenvalue weighted by Crippen LogP contribution is -2.07. The van der Waals surface area contributed by atoms with Crippen LogP contribution in [-0.4, -0.2) is 10.8 Å². The topological polar surface area (TPSA) is 32.9 Å². The van der Waals surface area contributed by atoms with Crippen molar-refractivity contribution in [3.8, 4) is 11.3 Å². The van der Waals surface area contributed by atoms with Gasteiger partial charge in [0.25, 0.3) is 0 Å². The number of hydrogen-bond acceptors (Lipinski definition) is 1. The van der Waals surface area contributed by atoms with Gasteiger partial charge in [0.1, 0.15) is 0 Å². The Morgan fingerprint density at radius 2 is 1.74 bits per heavy atom. The number of aromatic nitrogens is 1. The number of carbonyl (C=O) groups is 1. The summed E-state index contributed by atoms with van der Waals surface area (Å²) < 4.78 is 0. The highest BCUT2D eigenvalue weighted by molar-refractivity contribution is 6.12. The van der Waals surface area contributed by atoms with E-state index in [-0.39, 0.29) is 5.78 Å². The van der Waals surface area contributed by atoms with E-state index in [1.807, 2.05) is 36.4 Å². The second-order valence-electron chi connectivity index (χ2n) is 5.00. The Morgan fingerprint density at radius 1 is 0.895 bits per heavy atom. The van der Waals surface area contributed by atoms with Gasteiger partial charge in [0.2, 0.25) is 0 Å². The zero-order valence-electron chi connectivity index (χ0n) is 10.4. The zero-order chi connectivity index (χ0) is 12.8. The molecule has 2 aromatic carbocycles. The molecular formula is C17H13NO. The summed E-state index contributed by atoms with van der Waals surface area (Å²) in [5.41, 5.74) is 5.58. The highest BCUT2D eigenvalue weighted by Crippen LogP contribution is 2.36. The predicted molar refractivity (Wildman–Crippen MR) is 76.4 cm³/mol. The van der Waals surface area contributed by atoms with E-state index in [9.17, 15) is 4.79 Å². The molecule has 0 spiro atoms. The van der Waals surface area contributed by atoms with Gasteiger partial charge in [0.05, 0.1) is 0 Å². The summed E-state index contributed by atoms with van der Waals surface area (Å²) in [6, 6.07) is 16.3. The van der Waals surface area contributed by atoms with Crippen LogP contribution in [0.25, 0.3) is 22.2 Å². The van der Waals surface area contributed by atoms with E-state index in [0.29, 0.717) is 6.42 Å². The molecule has 2 heteroatoms. The van der Waals surface area contributed by atoms with Crippen LogP contribution >= 0.6 is 0 Å². The minimum absolute atomic E-state index is 0.261. The number of hydrogen-bond donors (Lipinski definition) is 1. The summed E-state index contributed by atoms with van der Waals surface area (Å²) in [5.74, 6) is 0.261. The standard InChI is InChI=1S/C17H13NO/c19-15-10-9-13-16-12(15)7-4-8-14(16)18-17(13)11-5-2-1-3-6-11/h1-8,18H,9-10H2. The van der Waals surface area contributed by atoms with Crippen LogP contribution in [0.1, 0.15) is 22.3 Å². The van der Waals surface area contributed by atoms with Gasteiger partial charge >= 0.3 is 0 Å². The molecule has 4 rings (SSSR count). The smallest absolute Gasteiger partial charge is 0.163 e. The van der Waals surface area contributed by atoms with Crippen molar-refractivity contribution in [1.82, 2.24) is 4.98 Å². The molecule has 0 saturated carbocycles. The molecule has 3 aromatic rings. The Bertz CT molecular complexity index is 784. The van der Waals surface area contributed by atoms with Gasteiger partial charge in [-0.2, -0.15) is 0 Å². The SMILES string of the molecule is O=C1CCc2c(-c3ccccc3)[nH]c3cccc1c23. The van der Waals surface area contributed by atoms with E-state index in [4.69, 9.17) is 0 Å². The quantitative estimate of drug-likeness (QED) is 0.693. The van der Waals surface area contributed by atoms with Crippen molar-refractivity contribution in [2.75, 3.05) is 0 Å². The number of aromatic amines is 1. The normalized spacial score (nSPS) is 14.0. The number of rotatable bonds is 1. The first-order chi connectivity index (χ1) is 9.34. The fraction of sp³-hybridized carbons (Fsp3) is 0.118. The molecule has 0 bridgehead atoms. The molecule has 0 amide bonds. The summed E-state index contributed by atoms with van der Waals surface area (Å²) in [4.78, 5) is 15.5. The number of nitrogens with one attached hydrogen (secondary N) is 1. The lowest BCUT2D eigenvalue weighted by molar-refractivity contribution is 0.0982. The minimum atomic E-state index is 0.261. The van der Waals surface area contributed by atoms with E-state index in [0.717, 1.165) is 28.6 Å². The third-order valence-electron chi connectivity index (χ3n) is 3.89. The van der Waals surface area contributed by atoms with Gasteiger partial charge in [0, 0.05) is 28.6 Å². The van der Waals surface area contributed by atoms with Crippen molar-refractivity contribution < 1.29 is 4.79 Å². The summed E-state index contributed by atoms with van der Waals surface area (Å²) in [6.45, 7) is 0. The molecule has 92 valence electrons. The van der Waals surface area contributed by atoms with E-state index < -0.39 is 0 Å². The first kappa shape index (κ1) is 10.6. The van der Waals surface area contributed by atoms with Gasteiger partial charge in [-0.3, -0.25) is 4.79 Å². The summed E-state index contributed by atoms with van der Waals surface area (Å²) in [7, 11) is 0. The van der Waals surface area contributed by atoms with E-state index in [2.05, 4.69) is 17.1 Å². The fourth-order valence-corrected chi connectivity index (χ4v) is 3.02. The summed E-state index contributed by atoms with van der Waals surface area (Å²) in [6.07, 6.45) is 1.45. The molecule has 0 fully saturated rings. The molecule has 1 aliphatic rings. The highest BCUT2D eigenvalue weighted by atomic mass is 16.1. The average molecular weight is 247 g/mol. The lowest BCUT2D eigenvalue weighted by Gasteiger charge is -2.12. The third kappa shape index (κ3) is 1.46. The van der Waals surface area contributed by atoms with E-state index in [1.54, 1.807) is 0 Å². The maximum atomic E-state index is 12.0. The molecule has 1 N–H and O–H groups in total. The van der Waals surface area contributed by atoms with Crippen LogP contribution in [0.15, 0.2) is 48.5 Å². The molecule has 1 aromatic heterocycles. The Kier molecular flexibility index (Phi) is 2.12. The van der Waals surface area contributed by atoms with Crippen molar-refractivity contribution in [2.24, 2.45) is 0 Å². The molecule has 2 nitrogen and oxygen atoms in total. The van der Waals surface area contributed by atoms with Crippen molar-refractivity contribution in [3.63, 3.8) is 0 Å².